The molecule has 0 saturated carbocycles. The third-order valence-electron chi connectivity index (χ3n) is 5.50. The van der Waals surface area contributed by atoms with E-state index in [2.05, 4.69) is 35.4 Å². The number of allylic oxidation sites excluding steroid dienone is 3. The summed E-state index contributed by atoms with van der Waals surface area (Å²) < 4.78 is 12.2. The largest absolute Gasteiger partial charge is 0.491 e. The summed E-state index contributed by atoms with van der Waals surface area (Å²) in [5, 5.41) is 11.4. The van der Waals surface area contributed by atoms with E-state index >= 15 is 0 Å². The van der Waals surface area contributed by atoms with E-state index in [1.54, 1.807) is 0 Å². The van der Waals surface area contributed by atoms with E-state index in [-0.39, 0.29) is 5.84 Å². The molecule has 4 rings (SSSR count). The van der Waals surface area contributed by atoms with Crippen LogP contribution < -0.4 is 15.8 Å². The molecule has 33 heavy (non-hydrogen) atoms. The first-order chi connectivity index (χ1) is 16.1. The van der Waals surface area contributed by atoms with Crippen LogP contribution in [0.1, 0.15) is 49.3 Å². The number of rotatable bonds is 9. The van der Waals surface area contributed by atoms with Crippen molar-refractivity contribution >= 4 is 23.6 Å². The maximum atomic E-state index is 8.03. The summed E-state index contributed by atoms with van der Waals surface area (Å²) in [5.74, 6) is 1.71. The summed E-state index contributed by atoms with van der Waals surface area (Å²) in [4.78, 5) is 4.62. The van der Waals surface area contributed by atoms with E-state index in [1.165, 1.54) is 0 Å². The fraction of sp³-hybridized carbons (Fsp3) is 0.259. The van der Waals surface area contributed by atoms with Crippen molar-refractivity contribution in [1.29, 1.82) is 5.41 Å². The number of nitrogens with two attached hydrogens (primary N) is 1. The van der Waals surface area contributed by atoms with Gasteiger partial charge in [-0.25, -0.2) is 0 Å². The first-order valence-corrected chi connectivity index (χ1v) is 11.4. The normalized spacial score (nSPS) is 12.7. The van der Waals surface area contributed by atoms with E-state index in [0.717, 1.165) is 58.8 Å². The van der Waals surface area contributed by atoms with Crippen LogP contribution in [0.5, 0.6) is 5.75 Å². The lowest BCUT2D eigenvalue weighted by molar-refractivity contribution is 0.316. The molecule has 1 aromatic heterocycles. The topological polar surface area (TPSA) is 97.2 Å². The molecule has 0 atom stereocenters. The number of aromatic nitrogens is 1. The number of hydrogen-bond acceptors (Lipinski definition) is 5. The van der Waals surface area contributed by atoms with Crippen LogP contribution in [-0.4, -0.2) is 17.4 Å². The average molecular weight is 443 g/mol. The number of fused-ring (bicyclic) bond motifs is 1. The molecule has 4 N–H and O–H groups in total. The Labute approximate surface area is 194 Å². The van der Waals surface area contributed by atoms with E-state index in [4.69, 9.17) is 20.3 Å². The number of amidine groups is 1. The Morgan fingerprint density at radius 3 is 2.91 bits per heavy atom. The molecule has 0 amide bonds. The molecular weight excluding hydrogens is 412 g/mol. The molecule has 3 aromatic rings. The number of benzene rings is 2. The molecule has 0 unspecified atom stereocenters. The third-order valence-corrected chi connectivity index (χ3v) is 5.50. The van der Waals surface area contributed by atoms with Crippen LogP contribution in [0, 0.1) is 5.41 Å². The smallest absolute Gasteiger partial charge is 0.300 e. The van der Waals surface area contributed by atoms with Gasteiger partial charge in [-0.1, -0.05) is 49.4 Å². The van der Waals surface area contributed by atoms with E-state index in [9.17, 15) is 0 Å². The van der Waals surface area contributed by atoms with Crippen LogP contribution in [0.2, 0.25) is 0 Å². The molecular formula is C27H30N4O2. The quantitative estimate of drug-likeness (QED) is 0.207. The van der Waals surface area contributed by atoms with Gasteiger partial charge in [0.2, 0.25) is 0 Å². The third kappa shape index (κ3) is 5.00. The minimum atomic E-state index is 0.0357. The van der Waals surface area contributed by atoms with Gasteiger partial charge in [-0.2, -0.15) is 4.98 Å². The van der Waals surface area contributed by atoms with Crippen molar-refractivity contribution in [3.05, 3.63) is 77.2 Å². The highest BCUT2D eigenvalue weighted by Gasteiger charge is 2.19. The predicted octanol–water partition coefficient (Wildman–Crippen LogP) is 6.24. The Bertz CT molecular complexity index is 1210. The van der Waals surface area contributed by atoms with Crippen molar-refractivity contribution in [3.63, 3.8) is 0 Å². The van der Waals surface area contributed by atoms with Crippen molar-refractivity contribution < 1.29 is 9.15 Å². The fourth-order valence-electron chi connectivity index (χ4n) is 3.93. The van der Waals surface area contributed by atoms with Crippen molar-refractivity contribution in [2.75, 3.05) is 11.9 Å². The Balaban J connectivity index is 1.84. The van der Waals surface area contributed by atoms with Crippen LogP contribution in [0.15, 0.2) is 59.0 Å². The Kier molecular flexibility index (Phi) is 6.93. The lowest BCUT2D eigenvalue weighted by Crippen LogP contribution is -2.12. The zero-order valence-corrected chi connectivity index (χ0v) is 19.2. The van der Waals surface area contributed by atoms with E-state index < -0.39 is 0 Å². The summed E-state index contributed by atoms with van der Waals surface area (Å²) in [5.41, 5.74) is 11.1. The summed E-state index contributed by atoms with van der Waals surface area (Å²) in [7, 11) is 0. The molecule has 0 spiro atoms. The lowest BCUT2D eigenvalue weighted by atomic mass is 9.95. The second-order valence-electron chi connectivity index (χ2n) is 7.99. The summed E-state index contributed by atoms with van der Waals surface area (Å²) >= 11 is 0. The minimum Gasteiger partial charge on any atom is -0.491 e. The number of ether oxygens (including phenoxy) is 1. The molecule has 0 saturated heterocycles. The van der Waals surface area contributed by atoms with E-state index in [0.29, 0.717) is 24.6 Å². The van der Waals surface area contributed by atoms with Gasteiger partial charge in [-0.05, 0) is 55.5 Å². The Hall–Kier alpha value is -3.80. The first-order valence-electron chi connectivity index (χ1n) is 11.4. The van der Waals surface area contributed by atoms with Gasteiger partial charge in [-0.3, -0.25) is 5.41 Å². The van der Waals surface area contributed by atoms with Crippen LogP contribution in [0.25, 0.3) is 17.2 Å². The van der Waals surface area contributed by atoms with Crippen LogP contribution in [0.3, 0.4) is 0 Å². The molecule has 2 aromatic carbocycles. The zero-order chi connectivity index (χ0) is 23.2. The van der Waals surface area contributed by atoms with Gasteiger partial charge in [-0.15, -0.1) is 0 Å². The monoisotopic (exact) mass is 442 g/mol. The maximum absolute atomic E-state index is 8.03. The zero-order valence-electron chi connectivity index (χ0n) is 19.2. The van der Waals surface area contributed by atoms with Crippen LogP contribution in [-0.2, 0) is 12.8 Å². The second-order valence-corrected chi connectivity index (χ2v) is 7.99. The fourth-order valence-corrected chi connectivity index (χ4v) is 3.93. The highest BCUT2D eigenvalue weighted by molar-refractivity contribution is 6.01. The van der Waals surface area contributed by atoms with Crippen LogP contribution in [0.4, 0.5) is 11.7 Å². The molecule has 1 aliphatic carbocycles. The number of anilines is 2. The number of hydrogen-bond donors (Lipinski definition) is 3. The van der Waals surface area contributed by atoms with Crippen molar-refractivity contribution in [2.45, 2.75) is 39.5 Å². The van der Waals surface area contributed by atoms with Gasteiger partial charge in [0.25, 0.3) is 6.01 Å². The molecule has 6 heteroatoms. The number of aryl methyl sites for hydroxylation is 1. The van der Waals surface area contributed by atoms with E-state index in [1.807, 2.05) is 49.4 Å². The van der Waals surface area contributed by atoms with Gasteiger partial charge in [0, 0.05) is 17.5 Å². The first kappa shape index (κ1) is 22.4. The molecule has 1 aliphatic rings. The molecule has 1 heterocycles. The summed E-state index contributed by atoms with van der Waals surface area (Å²) in [6.07, 6.45) is 11.7. The highest BCUT2D eigenvalue weighted by Crippen LogP contribution is 2.38. The molecule has 0 bridgehead atoms. The molecule has 170 valence electrons. The summed E-state index contributed by atoms with van der Waals surface area (Å²) in [6, 6.07) is 12.3. The average Bonchev–Trinajstić information content (AvgIpc) is 3.24. The summed E-state index contributed by atoms with van der Waals surface area (Å²) in [6.45, 7) is 4.70. The second kappa shape index (κ2) is 10.2. The van der Waals surface area contributed by atoms with Crippen molar-refractivity contribution in [2.24, 2.45) is 5.73 Å². The molecule has 6 nitrogen and oxygen atoms in total. The highest BCUT2D eigenvalue weighted by atomic mass is 16.5. The Morgan fingerprint density at radius 1 is 1.30 bits per heavy atom. The molecule has 0 radical (unpaired) electrons. The van der Waals surface area contributed by atoms with Crippen molar-refractivity contribution in [1.82, 2.24) is 4.98 Å². The van der Waals surface area contributed by atoms with Gasteiger partial charge in [0.05, 0.1) is 12.3 Å². The molecule has 0 aliphatic heterocycles. The lowest BCUT2D eigenvalue weighted by Gasteiger charge is -2.18. The SMILES string of the molecule is C/C=C/Cc1cc(-c2ccccc2C(=N)N)cc(Nc2nc3c(o2)CCC=C3)c1OCCC. The van der Waals surface area contributed by atoms with Gasteiger partial charge in [0.15, 0.2) is 0 Å². The molecule has 0 fully saturated rings. The van der Waals surface area contributed by atoms with Gasteiger partial charge < -0.3 is 20.2 Å². The maximum Gasteiger partial charge on any atom is 0.300 e. The number of nitrogens with zero attached hydrogens (tertiary/aromatic N) is 1. The van der Waals surface area contributed by atoms with Crippen LogP contribution >= 0.6 is 0 Å². The van der Waals surface area contributed by atoms with Gasteiger partial charge in [0.1, 0.15) is 23.0 Å². The number of oxazole rings is 1. The Morgan fingerprint density at radius 2 is 2.15 bits per heavy atom. The van der Waals surface area contributed by atoms with Gasteiger partial charge >= 0.3 is 0 Å². The van der Waals surface area contributed by atoms with Crippen molar-refractivity contribution in [3.8, 4) is 16.9 Å². The minimum absolute atomic E-state index is 0.0357. The standard InChI is InChI=1S/C27H30N4O2/c1-3-5-10-18-16-19(20-11-6-7-12-21(20)26(28)29)17-23(25(18)32-15-4-2)31-27-30-22-13-8-9-14-24(22)33-27/h3,5-8,11-13,16-17H,4,9-10,14-15H2,1-2H3,(H3,28,29)(H,30,31)/b5-3+. The predicted molar refractivity (Wildman–Crippen MR) is 134 cm³/mol. The number of nitrogen functional groups attached to an aromatic ring is 1. The number of nitrogens with one attached hydrogen (secondary N) is 2.